The number of aliphatic hydroxyl groups excluding tert-OH is 1. The number of ether oxygens (including phenoxy) is 1. The second-order valence-electron chi connectivity index (χ2n) is 5.04. The van der Waals surface area contributed by atoms with Gasteiger partial charge in [-0.05, 0) is 13.1 Å². The van der Waals surface area contributed by atoms with Gasteiger partial charge in [0.05, 0.1) is 18.6 Å². The van der Waals surface area contributed by atoms with Crippen LogP contribution in [0.2, 0.25) is 0 Å². The molecule has 1 aliphatic rings. The predicted octanol–water partition coefficient (Wildman–Crippen LogP) is -0.0863. The van der Waals surface area contributed by atoms with Gasteiger partial charge in [0.2, 0.25) is 0 Å². The average molecular weight is 519 g/mol. The van der Waals surface area contributed by atoms with Crippen molar-refractivity contribution in [1.82, 2.24) is 19.5 Å². The standard InChI is InChI=1S/C12H14FN4O3.U/c1-6-14-3-7-10(16-6)17(5-15-7)11-12(2,19)9(13)8(4-18)20-11;/h5,8-9,11,18-19H,4H2,1-2H3;/q-1;/t8-,9+,11-,12-;/m1./s1. The molecular weight excluding hydrogens is 505 g/mol. The maximum atomic E-state index is 14.1. The molecule has 0 bridgehead atoms. The van der Waals surface area contributed by atoms with E-state index in [-0.39, 0.29) is 31.1 Å². The van der Waals surface area contributed by atoms with Gasteiger partial charge in [0.25, 0.3) is 0 Å². The summed E-state index contributed by atoms with van der Waals surface area (Å²) in [6, 6.07) is 0. The summed E-state index contributed by atoms with van der Waals surface area (Å²) >= 11 is 0. The molecule has 1 saturated heterocycles. The number of aromatic nitrogens is 4. The van der Waals surface area contributed by atoms with E-state index in [9.17, 15) is 9.50 Å². The molecule has 0 unspecified atom stereocenters. The molecule has 0 radical (unpaired) electrons. The van der Waals surface area contributed by atoms with E-state index in [2.05, 4.69) is 21.1 Å². The zero-order valence-corrected chi connectivity index (χ0v) is 15.6. The first-order chi connectivity index (χ1) is 9.45. The number of halogens is 1. The summed E-state index contributed by atoms with van der Waals surface area (Å²) in [6.45, 7) is 2.50. The molecule has 0 saturated carbocycles. The van der Waals surface area contributed by atoms with Crippen molar-refractivity contribution in [3.05, 3.63) is 18.3 Å². The Morgan fingerprint density at radius 1 is 1.57 bits per heavy atom. The Balaban J connectivity index is 0.00000161. The van der Waals surface area contributed by atoms with Crippen LogP contribution in [0.3, 0.4) is 0 Å². The van der Waals surface area contributed by atoms with Crippen LogP contribution in [0.4, 0.5) is 4.39 Å². The predicted molar refractivity (Wildman–Crippen MR) is 65.4 cm³/mol. The fourth-order valence-electron chi connectivity index (χ4n) is 2.40. The normalized spacial score (nSPS) is 32.3. The van der Waals surface area contributed by atoms with Gasteiger partial charge in [-0.25, -0.2) is 4.39 Å². The Hall–Kier alpha value is -0.588. The maximum Gasteiger partial charge on any atom is 0.161 e. The van der Waals surface area contributed by atoms with Crippen molar-refractivity contribution < 1.29 is 50.5 Å². The van der Waals surface area contributed by atoms with Crippen LogP contribution in [-0.2, 0) is 4.74 Å². The first-order valence-electron chi connectivity index (χ1n) is 6.16. The molecule has 0 aromatic carbocycles. The number of hydrogen-bond donors (Lipinski definition) is 2. The van der Waals surface area contributed by atoms with Gasteiger partial charge in [-0.15, -0.1) is 0 Å². The molecular formula is C12H14FN4O3U-. The van der Waals surface area contributed by atoms with E-state index >= 15 is 0 Å². The quantitative estimate of drug-likeness (QED) is 0.540. The summed E-state index contributed by atoms with van der Waals surface area (Å²) in [6.07, 6.45) is 0.276. The van der Waals surface area contributed by atoms with Crippen LogP contribution < -0.4 is 0 Å². The minimum absolute atomic E-state index is 0. The van der Waals surface area contributed by atoms with Gasteiger partial charge in [0.15, 0.2) is 12.4 Å². The Morgan fingerprint density at radius 3 is 2.90 bits per heavy atom. The van der Waals surface area contributed by atoms with Crippen molar-refractivity contribution in [3.8, 4) is 0 Å². The van der Waals surface area contributed by atoms with E-state index < -0.39 is 30.7 Å². The number of alkyl halides is 1. The third kappa shape index (κ3) is 2.62. The number of imidazole rings is 1. The van der Waals surface area contributed by atoms with Crippen LogP contribution in [0.1, 0.15) is 19.0 Å². The molecule has 2 aromatic heterocycles. The van der Waals surface area contributed by atoms with Crippen molar-refractivity contribution in [1.29, 1.82) is 0 Å². The molecule has 3 heterocycles. The van der Waals surface area contributed by atoms with Crippen molar-refractivity contribution >= 4 is 11.2 Å². The van der Waals surface area contributed by atoms with Crippen LogP contribution >= 0.6 is 0 Å². The fraction of sp³-hybridized carbons (Fsp3) is 0.583. The Bertz CT molecular complexity index is 650. The van der Waals surface area contributed by atoms with E-state index in [1.54, 1.807) is 6.92 Å². The van der Waals surface area contributed by atoms with Gasteiger partial charge in [-0.3, -0.25) is 4.98 Å². The maximum absolute atomic E-state index is 14.1. The summed E-state index contributed by atoms with van der Waals surface area (Å²) in [7, 11) is 0. The molecule has 9 heteroatoms. The van der Waals surface area contributed by atoms with E-state index in [1.165, 1.54) is 17.8 Å². The zero-order valence-electron chi connectivity index (χ0n) is 11.5. The third-order valence-corrected chi connectivity index (χ3v) is 3.48. The molecule has 3 rings (SSSR count). The first-order valence-corrected chi connectivity index (χ1v) is 6.16. The van der Waals surface area contributed by atoms with Gasteiger partial charge < -0.3 is 29.5 Å². The van der Waals surface area contributed by atoms with Gasteiger partial charge in [0.1, 0.15) is 11.7 Å². The number of nitrogens with zero attached hydrogens (tertiary/aromatic N) is 4. The first kappa shape index (κ1) is 16.8. The number of hydrogen-bond acceptors (Lipinski definition) is 6. The summed E-state index contributed by atoms with van der Waals surface area (Å²) in [5, 5.41) is 19.4. The van der Waals surface area contributed by atoms with Crippen molar-refractivity contribution in [2.75, 3.05) is 6.61 Å². The molecule has 21 heavy (non-hydrogen) atoms. The summed E-state index contributed by atoms with van der Waals surface area (Å²) in [5.74, 6) is 0.479. The van der Waals surface area contributed by atoms with Gasteiger partial charge in [-0.2, -0.15) is 0 Å². The number of rotatable bonds is 2. The van der Waals surface area contributed by atoms with Crippen molar-refractivity contribution in [3.63, 3.8) is 0 Å². The molecule has 0 aliphatic carbocycles. The van der Waals surface area contributed by atoms with Crippen molar-refractivity contribution in [2.45, 2.75) is 38.0 Å². The van der Waals surface area contributed by atoms with Crippen LogP contribution in [0.15, 0.2) is 6.33 Å². The SMILES string of the molecule is Cc1n[c-]c2ncn([C@@H]3O[C@H](CO)[C@H](F)[C@@]3(C)O)c2n1.[U]. The van der Waals surface area contributed by atoms with Crippen LogP contribution in [0.25, 0.3) is 11.2 Å². The molecule has 4 atom stereocenters. The average Bonchev–Trinajstić information content (AvgIpc) is 2.90. The summed E-state index contributed by atoms with van der Waals surface area (Å²) < 4.78 is 20.9. The second kappa shape index (κ2) is 5.89. The van der Waals surface area contributed by atoms with Crippen LogP contribution in [0, 0.1) is 44.2 Å². The van der Waals surface area contributed by atoms with Gasteiger partial charge in [-0.1, -0.05) is 6.92 Å². The topological polar surface area (TPSA) is 93.3 Å². The van der Waals surface area contributed by atoms with Crippen molar-refractivity contribution in [2.24, 2.45) is 0 Å². The zero-order chi connectivity index (χ0) is 14.5. The van der Waals surface area contributed by atoms with Crippen LogP contribution in [0.5, 0.6) is 0 Å². The molecule has 1 aliphatic heterocycles. The molecule has 1 fully saturated rings. The van der Waals surface area contributed by atoms with E-state index in [1.807, 2.05) is 0 Å². The Kier molecular flexibility index (Phi) is 4.71. The minimum atomic E-state index is -1.79. The molecule has 2 aromatic rings. The second-order valence-corrected chi connectivity index (χ2v) is 5.04. The van der Waals surface area contributed by atoms with E-state index in [0.717, 1.165) is 0 Å². The summed E-state index contributed by atoms with van der Waals surface area (Å²) in [5.41, 5.74) is -0.994. The fourth-order valence-corrected chi connectivity index (χ4v) is 2.40. The molecule has 0 amide bonds. The number of aryl methyl sites for hydroxylation is 1. The summed E-state index contributed by atoms with van der Waals surface area (Å²) in [4.78, 5) is 12.2. The molecule has 2 N–H and O–H groups in total. The van der Waals surface area contributed by atoms with E-state index in [0.29, 0.717) is 17.0 Å². The number of fused-ring (bicyclic) bond motifs is 1. The molecule has 112 valence electrons. The van der Waals surface area contributed by atoms with Gasteiger partial charge >= 0.3 is 0 Å². The van der Waals surface area contributed by atoms with Gasteiger partial charge in [0, 0.05) is 42.5 Å². The van der Waals surface area contributed by atoms with Crippen LogP contribution in [-0.4, -0.2) is 54.2 Å². The monoisotopic (exact) mass is 519 g/mol. The minimum Gasteiger partial charge on any atom is -0.394 e. The largest absolute Gasteiger partial charge is 0.394 e. The smallest absolute Gasteiger partial charge is 0.161 e. The number of aliphatic hydroxyl groups is 2. The Morgan fingerprint density at radius 2 is 2.29 bits per heavy atom. The van der Waals surface area contributed by atoms with E-state index in [4.69, 9.17) is 9.84 Å². The molecule has 7 nitrogen and oxygen atoms in total. The third-order valence-electron chi connectivity index (χ3n) is 3.48. The Labute approximate surface area is 143 Å². The molecule has 0 spiro atoms.